The van der Waals surface area contributed by atoms with Crippen molar-refractivity contribution in [3.63, 3.8) is 0 Å². The summed E-state index contributed by atoms with van der Waals surface area (Å²) in [5, 5.41) is 2.62. The van der Waals surface area contributed by atoms with Gasteiger partial charge >= 0.3 is 6.18 Å². The molecular formula is C23H21F3N2O3. The van der Waals surface area contributed by atoms with Gasteiger partial charge in [0.2, 0.25) is 5.91 Å². The van der Waals surface area contributed by atoms with Gasteiger partial charge in [-0.15, -0.1) is 0 Å². The molecular weight excluding hydrogens is 409 g/mol. The van der Waals surface area contributed by atoms with Gasteiger partial charge in [-0.3, -0.25) is 9.59 Å². The van der Waals surface area contributed by atoms with Crippen LogP contribution in [0.25, 0.3) is 0 Å². The quantitative estimate of drug-likeness (QED) is 0.591. The molecule has 0 aliphatic carbocycles. The second kappa shape index (κ2) is 9.97. The third kappa shape index (κ3) is 6.74. The molecule has 1 amide bonds. The van der Waals surface area contributed by atoms with Gasteiger partial charge in [0.15, 0.2) is 0 Å². The Morgan fingerprint density at radius 1 is 0.935 bits per heavy atom. The number of rotatable bonds is 8. The molecule has 1 heterocycles. The highest BCUT2D eigenvalue weighted by molar-refractivity contribution is 5.75. The Balaban J connectivity index is 1.46. The average Bonchev–Trinajstić information content (AvgIpc) is 2.75. The lowest BCUT2D eigenvalue weighted by molar-refractivity contribution is -0.138. The maximum atomic E-state index is 12.8. The van der Waals surface area contributed by atoms with Gasteiger partial charge in [-0.05, 0) is 35.7 Å². The number of hydrogen-bond donors (Lipinski definition) is 1. The van der Waals surface area contributed by atoms with E-state index in [1.54, 1.807) is 0 Å². The van der Waals surface area contributed by atoms with Crippen molar-refractivity contribution in [3.8, 4) is 5.75 Å². The highest BCUT2D eigenvalue weighted by Crippen LogP contribution is 2.27. The van der Waals surface area contributed by atoms with Crippen molar-refractivity contribution in [2.45, 2.75) is 25.7 Å². The van der Waals surface area contributed by atoms with E-state index >= 15 is 0 Å². The average molecular weight is 430 g/mol. The number of carbonyl (C=O) groups is 1. The molecule has 0 atom stereocenters. The first kappa shape index (κ1) is 22.1. The molecule has 5 nitrogen and oxygen atoms in total. The van der Waals surface area contributed by atoms with Crippen molar-refractivity contribution in [2.75, 3.05) is 6.54 Å². The van der Waals surface area contributed by atoms with Crippen LogP contribution in [0.5, 0.6) is 5.75 Å². The van der Waals surface area contributed by atoms with Gasteiger partial charge in [0.1, 0.15) is 18.9 Å². The summed E-state index contributed by atoms with van der Waals surface area (Å²) in [4.78, 5) is 23.7. The lowest BCUT2D eigenvalue weighted by Crippen LogP contribution is -2.33. The molecule has 0 spiro atoms. The maximum absolute atomic E-state index is 12.8. The number of benzene rings is 2. The third-order valence-corrected chi connectivity index (χ3v) is 4.53. The predicted octanol–water partition coefficient (Wildman–Crippen LogP) is 3.81. The summed E-state index contributed by atoms with van der Waals surface area (Å²) in [7, 11) is 0. The van der Waals surface area contributed by atoms with Crippen LogP contribution in [0, 0.1) is 0 Å². The minimum absolute atomic E-state index is 0.288. The molecule has 2 aromatic carbocycles. The van der Waals surface area contributed by atoms with Crippen LogP contribution in [0.4, 0.5) is 13.2 Å². The van der Waals surface area contributed by atoms with Gasteiger partial charge in [0.25, 0.3) is 5.56 Å². The monoisotopic (exact) mass is 430 g/mol. The summed E-state index contributed by atoms with van der Waals surface area (Å²) in [5.41, 5.74) is 0.376. The van der Waals surface area contributed by atoms with Crippen molar-refractivity contribution >= 4 is 5.91 Å². The Morgan fingerprint density at radius 2 is 1.65 bits per heavy atom. The fourth-order valence-electron chi connectivity index (χ4n) is 2.87. The zero-order chi connectivity index (χ0) is 22.3. The minimum atomic E-state index is -4.58. The summed E-state index contributed by atoms with van der Waals surface area (Å²) in [5.74, 6) is 0.185. The highest BCUT2D eigenvalue weighted by atomic mass is 19.4. The van der Waals surface area contributed by atoms with Crippen molar-refractivity contribution in [1.82, 2.24) is 9.88 Å². The number of alkyl halides is 3. The Kier molecular flexibility index (Phi) is 7.12. The SMILES string of the molecule is O=C(Cn1cc(C(F)(F)F)ccc1=O)NCCc1ccc(OCc2ccccc2)cc1. The smallest absolute Gasteiger partial charge is 0.417 e. The number of carbonyl (C=O) groups excluding carboxylic acids is 1. The van der Waals surface area contributed by atoms with Crippen molar-refractivity contribution in [1.29, 1.82) is 0 Å². The molecule has 162 valence electrons. The van der Waals surface area contributed by atoms with Crippen LogP contribution in [0.2, 0.25) is 0 Å². The van der Waals surface area contributed by atoms with E-state index in [2.05, 4.69) is 5.32 Å². The van der Waals surface area contributed by atoms with Gasteiger partial charge in [-0.2, -0.15) is 13.2 Å². The van der Waals surface area contributed by atoms with Crippen LogP contribution in [-0.4, -0.2) is 17.0 Å². The molecule has 1 N–H and O–H groups in total. The molecule has 0 saturated carbocycles. The van der Waals surface area contributed by atoms with Crippen LogP contribution in [0.1, 0.15) is 16.7 Å². The van der Waals surface area contributed by atoms with E-state index in [9.17, 15) is 22.8 Å². The lowest BCUT2D eigenvalue weighted by atomic mass is 10.1. The van der Waals surface area contributed by atoms with Gasteiger partial charge in [0, 0.05) is 18.8 Å². The van der Waals surface area contributed by atoms with Crippen molar-refractivity contribution in [3.05, 3.63) is 100.0 Å². The second-order valence-electron chi connectivity index (χ2n) is 6.90. The number of hydrogen-bond acceptors (Lipinski definition) is 3. The van der Waals surface area contributed by atoms with Crippen molar-refractivity contribution < 1.29 is 22.7 Å². The summed E-state index contributed by atoms with van der Waals surface area (Å²) >= 11 is 0. The molecule has 0 aliphatic rings. The van der Waals surface area contributed by atoms with Crippen molar-refractivity contribution in [2.24, 2.45) is 0 Å². The van der Waals surface area contributed by atoms with E-state index in [-0.39, 0.29) is 6.54 Å². The van der Waals surface area contributed by atoms with E-state index in [1.807, 2.05) is 54.6 Å². The lowest BCUT2D eigenvalue weighted by Gasteiger charge is -2.11. The zero-order valence-electron chi connectivity index (χ0n) is 16.6. The van der Waals surface area contributed by atoms with E-state index in [4.69, 9.17) is 4.74 Å². The number of ether oxygens (including phenoxy) is 1. The van der Waals surface area contributed by atoms with Crippen LogP contribution in [0.3, 0.4) is 0 Å². The van der Waals surface area contributed by atoms with Gasteiger partial charge in [0.05, 0.1) is 5.56 Å². The Morgan fingerprint density at radius 3 is 2.32 bits per heavy atom. The molecule has 0 radical (unpaired) electrons. The molecule has 31 heavy (non-hydrogen) atoms. The molecule has 1 aromatic heterocycles. The number of aromatic nitrogens is 1. The van der Waals surface area contributed by atoms with Crippen LogP contribution >= 0.6 is 0 Å². The third-order valence-electron chi connectivity index (χ3n) is 4.53. The summed E-state index contributed by atoms with van der Waals surface area (Å²) in [6, 6.07) is 18.7. The van der Waals surface area contributed by atoms with Crippen LogP contribution in [-0.2, 0) is 30.5 Å². The number of amides is 1. The molecule has 0 bridgehead atoms. The van der Waals surface area contributed by atoms with Gasteiger partial charge in [-0.1, -0.05) is 42.5 Å². The molecule has 8 heteroatoms. The standard InChI is InChI=1S/C23H21F3N2O3/c24-23(25,26)19-8-11-22(30)28(14-19)15-21(29)27-13-12-17-6-9-20(10-7-17)31-16-18-4-2-1-3-5-18/h1-11,14H,12-13,15-16H2,(H,27,29). The Bertz CT molecular complexity index is 1060. The van der Waals surface area contributed by atoms with E-state index < -0.39 is 29.8 Å². The Hall–Kier alpha value is -3.55. The molecule has 0 unspecified atom stereocenters. The molecule has 0 aliphatic heterocycles. The number of pyridine rings is 1. The van der Waals surface area contributed by atoms with E-state index in [0.717, 1.165) is 27.5 Å². The summed E-state index contributed by atoms with van der Waals surface area (Å²) in [6.45, 7) is 0.275. The highest BCUT2D eigenvalue weighted by Gasteiger charge is 2.31. The summed E-state index contributed by atoms with van der Waals surface area (Å²) in [6.07, 6.45) is -3.40. The van der Waals surface area contributed by atoms with Gasteiger partial charge in [-0.25, -0.2) is 0 Å². The van der Waals surface area contributed by atoms with E-state index in [0.29, 0.717) is 25.3 Å². The van der Waals surface area contributed by atoms with Crippen LogP contribution in [0.15, 0.2) is 77.7 Å². The first-order valence-corrected chi connectivity index (χ1v) is 9.61. The second-order valence-corrected chi connectivity index (χ2v) is 6.90. The molecule has 0 fully saturated rings. The predicted molar refractivity (Wildman–Crippen MR) is 110 cm³/mol. The van der Waals surface area contributed by atoms with Gasteiger partial charge < -0.3 is 14.6 Å². The fourth-order valence-corrected chi connectivity index (χ4v) is 2.87. The molecule has 0 saturated heterocycles. The first-order valence-electron chi connectivity index (χ1n) is 9.61. The zero-order valence-corrected chi connectivity index (χ0v) is 16.6. The fraction of sp³-hybridized carbons (Fsp3) is 0.217. The first-order chi connectivity index (χ1) is 14.8. The number of nitrogens with one attached hydrogen (secondary N) is 1. The normalized spacial score (nSPS) is 11.2. The van der Waals surface area contributed by atoms with E-state index in [1.165, 1.54) is 0 Å². The largest absolute Gasteiger partial charge is 0.489 e. The molecule has 3 aromatic rings. The minimum Gasteiger partial charge on any atom is -0.489 e. The topological polar surface area (TPSA) is 60.3 Å². The maximum Gasteiger partial charge on any atom is 0.417 e. The van der Waals surface area contributed by atoms with Crippen LogP contribution < -0.4 is 15.6 Å². The molecule has 3 rings (SSSR count). The summed E-state index contributed by atoms with van der Waals surface area (Å²) < 4.78 is 44.8. The number of nitrogens with zero attached hydrogens (tertiary/aromatic N) is 1. The number of halogens is 3. The Labute approximate surface area is 177 Å².